The van der Waals surface area contributed by atoms with Crippen LogP contribution < -0.4 is 11.5 Å². The first-order chi connectivity index (χ1) is 10.4. The molecule has 0 aromatic carbocycles. The lowest BCUT2D eigenvalue weighted by Crippen LogP contribution is -2.72. The van der Waals surface area contributed by atoms with Crippen molar-refractivity contribution in [3.05, 3.63) is 0 Å². The maximum absolute atomic E-state index is 12.4. The van der Waals surface area contributed by atoms with E-state index in [4.69, 9.17) is 16.6 Å². The summed E-state index contributed by atoms with van der Waals surface area (Å²) in [6.07, 6.45) is 1.25. The summed E-state index contributed by atoms with van der Waals surface area (Å²) in [5.41, 5.74) is 9.98. The van der Waals surface area contributed by atoms with Gasteiger partial charge >= 0.3 is 0 Å². The van der Waals surface area contributed by atoms with Crippen molar-refractivity contribution >= 4 is 17.7 Å². The van der Waals surface area contributed by atoms with Gasteiger partial charge in [0.15, 0.2) is 0 Å². The number of piperidine rings is 1. The Balaban J connectivity index is 2.06. The number of nitrogens with zero attached hydrogens (tertiary/aromatic N) is 2. The van der Waals surface area contributed by atoms with E-state index in [1.54, 1.807) is 0 Å². The van der Waals surface area contributed by atoms with Crippen molar-refractivity contribution in [2.24, 2.45) is 16.9 Å². The summed E-state index contributed by atoms with van der Waals surface area (Å²) >= 11 is 0. The zero-order valence-electron chi connectivity index (χ0n) is 12.3. The molecule has 1 unspecified atom stereocenters. The molecule has 0 aromatic rings. The van der Waals surface area contributed by atoms with Gasteiger partial charge in [-0.2, -0.15) is 0 Å². The molecule has 9 heteroatoms. The number of amides is 3. The molecule has 2 saturated heterocycles. The van der Waals surface area contributed by atoms with E-state index in [1.165, 1.54) is 9.80 Å². The topological polar surface area (TPSA) is 150 Å². The number of carbonyl (C=O) groups excluding carboxylic acids is 3. The molecule has 3 amide bonds. The van der Waals surface area contributed by atoms with Crippen molar-refractivity contribution in [3.63, 3.8) is 0 Å². The largest absolute Gasteiger partial charge is 0.394 e. The molecular formula is C13H22N4O5. The lowest BCUT2D eigenvalue weighted by Gasteiger charge is -2.54. The van der Waals surface area contributed by atoms with Gasteiger partial charge in [-0.1, -0.05) is 0 Å². The maximum atomic E-state index is 12.4. The fraction of sp³-hybridized carbons (Fsp3) is 0.769. The van der Waals surface area contributed by atoms with Crippen LogP contribution in [0.2, 0.25) is 0 Å². The van der Waals surface area contributed by atoms with Crippen LogP contribution >= 0.6 is 0 Å². The normalized spacial score (nSPS) is 27.5. The average molecular weight is 314 g/mol. The number of primary amides is 1. The Morgan fingerprint density at radius 3 is 2.45 bits per heavy atom. The Hall–Kier alpha value is -1.71. The zero-order chi connectivity index (χ0) is 16.5. The molecule has 0 aliphatic carbocycles. The van der Waals surface area contributed by atoms with Gasteiger partial charge in [-0.15, -0.1) is 0 Å². The number of hydrogen-bond acceptors (Lipinski definition) is 6. The van der Waals surface area contributed by atoms with Gasteiger partial charge in [0.25, 0.3) is 0 Å². The summed E-state index contributed by atoms with van der Waals surface area (Å²) in [6.45, 7) is 0.0105. The molecule has 2 heterocycles. The molecular weight excluding hydrogens is 292 g/mol. The van der Waals surface area contributed by atoms with Crippen molar-refractivity contribution < 1.29 is 24.6 Å². The highest BCUT2D eigenvalue weighted by Gasteiger charge is 2.56. The number of aliphatic hydroxyl groups excluding tert-OH is 2. The molecule has 2 aliphatic heterocycles. The molecule has 3 atom stereocenters. The Morgan fingerprint density at radius 2 is 1.95 bits per heavy atom. The molecule has 124 valence electrons. The van der Waals surface area contributed by atoms with Crippen LogP contribution in [-0.2, 0) is 14.4 Å². The third-order valence-corrected chi connectivity index (χ3v) is 4.47. The highest BCUT2D eigenvalue weighted by atomic mass is 16.3. The standard InChI is InChI=1S/C13H22N4O5/c14-8(4-18)11(21)16-3-1-2-13(6-16)7-17(12(13)22)9(5-19)10(15)20/h8-9,18-19H,1-7,14H2,(H2,15,20)/t8-,9-,13?/m0/s1. The molecule has 0 bridgehead atoms. The number of nitrogens with two attached hydrogens (primary N) is 2. The SMILES string of the molecule is NC(=O)[C@H](CO)N1CC2(CCCN(C(=O)[C@@H](N)CO)C2)C1=O. The lowest BCUT2D eigenvalue weighted by molar-refractivity contribution is -0.176. The fourth-order valence-electron chi connectivity index (χ4n) is 3.21. The average Bonchev–Trinajstić information content (AvgIpc) is 2.53. The molecule has 0 aromatic heterocycles. The van der Waals surface area contributed by atoms with E-state index in [9.17, 15) is 19.5 Å². The number of aliphatic hydroxyl groups is 2. The molecule has 0 saturated carbocycles. The molecule has 2 aliphatic rings. The maximum Gasteiger partial charge on any atom is 0.242 e. The van der Waals surface area contributed by atoms with Crippen LogP contribution in [0.25, 0.3) is 0 Å². The molecule has 2 fully saturated rings. The van der Waals surface area contributed by atoms with E-state index in [0.29, 0.717) is 19.4 Å². The molecule has 1 spiro atoms. The number of likely N-dealkylation sites (tertiary alicyclic amines) is 2. The molecule has 6 N–H and O–H groups in total. The second-order valence-corrected chi connectivity index (χ2v) is 5.97. The summed E-state index contributed by atoms with van der Waals surface area (Å²) in [7, 11) is 0. The number of hydrogen-bond donors (Lipinski definition) is 4. The summed E-state index contributed by atoms with van der Waals surface area (Å²) in [5.74, 6) is -1.42. The van der Waals surface area contributed by atoms with E-state index in [-0.39, 0.29) is 24.9 Å². The minimum atomic E-state index is -1.02. The van der Waals surface area contributed by atoms with Gasteiger partial charge in [-0.3, -0.25) is 14.4 Å². The lowest BCUT2D eigenvalue weighted by atomic mass is 9.71. The summed E-state index contributed by atoms with van der Waals surface area (Å²) in [5, 5.41) is 18.1. The van der Waals surface area contributed by atoms with Gasteiger partial charge in [0.05, 0.1) is 18.6 Å². The fourth-order valence-corrected chi connectivity index (χ4v) is 3.21. The van der Waals surface area contributed by atoms with Crippen LogP contribution in [0.15, 0.2) is 0 Å². The van der Waals surface area contributed by atoms with Gasteiger partial charge < -0.3 is 31.5 Å². The first-order valence-electron chi connectivity index (χ1n) is 7.23. The van der Waals surface area contributed by atoms with Crippen LogP contribution in [-0.4, -0.2) is 82.7 Å². The predicted octanol–water partition coefficient (Wildman–Crippen LogP) is -3.40. The van der Waals surface area contributed by atoms with Crippen molar-refractivity contribution in [1.82, 2.24) is 9.80 Å². The molecule has 2 rings (SSSR count). The summed E-state index contributed by atoms with van der Waals surface area (Å²) < 4.78 is 0. The van der Waals surface area contributed by atoms with Crippen LogP contribution in [0.3, 0.4) is 0 Å². The van der Waals surface area contributed by atoms with Gasteiger partial charge in [-0.25, -0.2) is 0 Å². The van der Waals surface area contributed by atoms with Gasteiger partial charge in [0.1, 0.15) is 12.1 Å². The first-order valence-corrected chi connectivity index (χ1v) is 7.23. The predicted molar refractivity (Wildman–Crippen MR) is 75.1 cm³/mol. The Morgan fingerprint density at radius 1 is 1.27 bits per heavy atom. The summed E-state index contributed by atoms with van der Waals surface area (Å²) in [4.78, 5) is 38.5. The van der Waals surface area contributed by atoms with Crippen LogP contribution in [0.1, 0.15) is 12.8 Å². The van der Waals surface area contributed by atoms with E-state index >= 15 is 0 Å². The van der Waals surface area contributed by atoms with Crippen LogP contribution in [0, 0.1) is 5.41 Å². The van der Waals surface area contributed by atoms with Crippen LogP contribution in [0.4, 0.5) is 0 Å². The Labute approximate surface area is 127 Å². The molecule has 9 nitrogen and oxygen atoms in total. The van der Waals surface area contributed by atoms with Gasteiger partial charge in [0.2, 0.25) is 17.7 Å². The smallest absolute Gasteiger partial charge is 0.242 e. The summed E-state index contributed by atoms with van der Waals surface area (Å²) in [6, 6.07) is -2.01. The first kappa shape index (κ1) is 16.7. The van der Waals surface area contributed by atoms with E-state index < -0.39 is 36.6 Å². The quantitative estimate of drug-likeness (QED) is 0.388. The third-order valence-electron chi connectivity index (χ3n) is 4.47. The Bertz CT molecular complexity index is 485. The van der Waals surface area contributed by atoms with E-state index in [1.807, 2.05) is 0 Å². The number of rotatable bonds is 5. The highest BCUT2D eigenvalue weighted by Crippen LogP contribution is 2.41. The van der Waals surface area contributed by atoms with Crippen molar-refractivity contribution in [1.29, 1.82) is 0 Å². The zero-order valence-corrected chi connectivity index (χ0v) is 12.3. The van der Waals surface area contributed by atoms with Crippen molar-refractivity contribution in [2.75, 3.05) is 32.8 Å². The minimum absolute atomic E-state index is 0.214. The number of β-lactam (4-membered cyclic amide) rings is 1. The van der Waals surface area contributed by atoms with Crippen molar-refractivity contribution in [3.8, 4) is 0 Å². The van der Waals surface area contributed by atoms with E-state index in [2.05, 4.69) is 0 Å². The van der Waals surface area contributed by atoms with Gasteiger partial charge in [-0.05, 0) is 12.8 Å². The van der Waals surface area contributed by atoms with Crippen molar-refractivity contribution in [2.45, 2.75) is 24.9 Å². The second kappa shape index (κ2) is 6.19. The minimum Gasteiger partial charge on any atom is -0.394 e. The van der Waals surface area contributed by atoms with Crippen LogP contribution in [0.5, 0.6) is 0 Å². The number of carbonyl (C=O) groups is 3. The monoisotopic (exact) mass is 314 g/mol. The molecule has 0 radical (unpaired) electrons. The Kier molecular flexibility index (Phi) is 4.69. The second-order valence-electron chi connectivity index (χ2n) is 5.97. The third kappa shape index (κ3) is 2.67. The van der Waals surface area contributed by atoms with Gasteiger partial charge in [0, 0.05) is 19.6 Å². The highest BCUT2D eigenvalue weighted by molar-refractivity contribution is 5.95. The molecule has 22 heavy (non-hydrogen) atoms. The van der Waals surface area contributed by atoms with E-state index in [0.717, 1.165) is 0 Å².